The Hall–Kier alpha value is 0.200. The predicted octanol–water partition coefficient (Wildman–Crippen LogP) is 1.68. The van der Waals surface area contributed by atoms with Crippen LogP contribution < -0.4 is 39.0 Å². The van der Waals surface area contributed by atoms with Crippen molar-refractivity contribution in [2.75, 3.05) is 0 Å². The molecular weight excluding hydrogens is 342 g/mol. The van der Waals surface area contributed by atoms with Crippen molar-refractivity contribution in [1.82, 2.24) is 0 Å². The van der Waals surface area contributed by atoms with Crippen molar-refractivity contribution in [3.8, 4) is 5.75 Å². The molecular formula is C16H18NaO2PS2. The van der Waals surface area contributed by atoms with Crippen molar-refractivity contribution in [3.63, 3.8) is 0 Å². The van der Waals surface area contributed by atoms with E-state index in [1.54, 1.807) is 0 Å². The van der Waals surface area contributed by atoms with Gasteiger partial charge in [0.25, 0.3) is 0 Å². The average Bonchev–Trinajstić information content (AvgIpc) is 2.37. The molecule has 112 valence electrons. The summed E-state index contributed by atoms with van der Waals surface area (Å²) in [6.07, 6.45) is 0. The van der Waals surface area contributed by atoms with E-state index in [0.29, 0.717) is 5.75 Å². The summed E-state index contributed by atoms with van der Waals surface area (Å²) in [6.45, 7) is 8.09. The first-order valence-electron chi connectivity index (χ1n) is 6.61. The molecule has 6 heteroatoms. The van der Waals surface area contributed by atoms with E-state index in [1.807, 2.05) is 64.1 Å². The average molecular weight is 360 g/mol. The van der Waals surface area contributed by atoms with Crippen molar-refractivity contribution in [2.24, 2.45) is 0 Å². The molecule has 22 heavy (non-hydrogen) atoms. The molecule has 0 saturated heterocycles. The molecule has 1 unspecified atom stereocenters. The SMILES string of the molecule is Cc1ccc(OP([O-])(=S)Sc2ccc(C)c(C)c2)cc1C.[Na+]. The molecule has 0 aliphatic rings. The molecule has 0 N–H and O–H groups in total. The Balaban J connectivity index is 0.00000242. The van der Waals surface area contributed by atoms with Crippen molar-refractivity contribution in [3.05, 3.63) is 58.7 Å². The summed E-state index contributed by atoms with van der Waals surface area (Å²) < 4.78 is 5.55. The summed E-state index contributed by atoms with van der Waals surface area (Å²) in [7, 11) is 0. The molecule has 0 bridgehead atoms. The second-order valence-corrected chi connectivity index (χ2v) is 11.0. The van der Waals surface area contributed by atoms with Gasteiger partial charge in [-0.1, -0.05) is 35.3 Å². The fourth-order valence-electron chi connectivity index (χ4n) is 1.82. The van der Waals surface area contributed by atoms with Crippen LogP contribution in [0.1, 0.15) is 22.3 Å². The molecule has 0 aromatic heterocycles. The van der Waals surface area contributed by atoms with Gasteiger partial charge in [0.05, 0.1) is 0 Å². The van der Waals surface area contributed by atoms with Crippen LogP contribution in [-0.4, -0.2) is 0 Å². The third-order valence-corrected chi connectivity index (χ3v) is 6.94. The van der Waals surface area contributed by atoms with E-state index in [1.165, 1.54) is 11.1 Å². The number of rotatable bonds is 4. The second-order valence-electron chi connectivity index (χ2n) is 5.12. The maximum atomic E-state index is 12.5. The standard InChI is InChI=1S/C16H19O2PS2.Na/c1-11-5-7-15(9-13(11)3)18-19(17,20)21-16-8-6-12(2)14(4)10-16;/h5-10H,1-4H3,(H,17,20);/q;+1/p-1. The van der Waals surface area contributed by atoms with E-state index in [9.17, 15) is 4.89 Å². The van der Waals surface area contributed by atoms with Crippen LogP contribution in [0.5, 0.6) is 5.75 Å². The molecule has 0 aliphatic heterocycles. The molecule has 1 atom stereocenters. The van der Waals surface area contributed by atoms with Crippen LogP contribution in [0, 0.1) is 27.7 Å². The Bertz CT molecular complexity index is 662. The molecule has 0 spiro atoms. The molecule has 0 fully saturated rings. The van der Waals surface area contributed by atoms with Gasteiger partial charge in [0, 0.05) is 4.90 Å². The molecule has 2 aromatic rings. The molecule has 2 rings (SSSR count). The van der Waals surface area contributed by atoms with Crippen LogP contribution in [0.3, 0.4) is 0 Å². The largest absolute Gasteiger partial charge is 1.00 e. The summed E-state index contributed by atoms with van der Waals surface area (Å²) in [6, 6.07) is 11.5. The first kappa shape index (κ1) is 20.2. The normalized spacial score (nSPS) is 13.1. The van der Waals surface area contributed by atoms with E-state index >= 15 is 0 Å². The zero-order valence-electron chi connectivity index (χ0n) is 13.5. The van der Waals surface area contributed by atoms with Gasteiger partial charge in [0.15, 0.2) is 0 Å². The van der Waals surface area contributed by atoms with Gasteiger partial charge in [-0.15, -0.1) is 0 Å². The summed E-state index contributed by atoms with van der Waals surface area (Å²) in [4.78, 5) is 13.4. The van der Waals surface area contributed by atoms with Crippen LogP contribution in [0.15, 0.2) is 41.3 Å². The molecule has 2 nitrogen and oxygen atoms in total. The fourth-order valence-corrected chi connectivity index (χ4v) is 5.36. The van der Waals surface area contributed by atoms with Gasteiger partial charge in [-0.2, -0.15) is 0 Å². The molecule has 0 radical (unpaired) electrons. The second kappa shape index (κ2) is 8.34. The van der Waals surface area contributed by atoms with E-state index < -0.39 is 5.69 Å². The fraction of sp³-hybridized carbons (Fsp3) is 0.250. The third-order valence-electron chi connectivity index (χ3n) is 3.39. The van der Waals surface area contributed by atoms with Gasteiger partial charge in [-0.05, 0) is 74.2 Å². The van der Waals surface area contributed by atoms with Gasteiger partial charge >= 0.3 is 29.6 Å². The predicted molar refractivity (Wildman–Crippen MR) is 92.6 cm³/mol. The quantitative estimate of drug-likeness (QED) is 0.614. The monoisotopic (exact) mass is 360 g/mol. The van der Waals surface area contributed by atoms with Crippen LogP contribution in [0.25, 0.3) is 0 Å². The van der Waals surface area contributed by atoms with Gasteiger partial charge in [0.2, 0.25) is 0 Å². The minimum absolute atomic E-state index is 0. The van der Waals surface area contributed by atoms with Crippen molar-refractivity contribution in [2.45, 2.75) is 32.6 Å². The minimum atomic E-state index is -3.21. The smallest absolute Gasteiger partial charge is 0.783 e. The molecule has 0 saturated carbocycles. The van der Waals surface area contributed by atoms with Gasteiger partial charge in [-0.25, -0.2) is 0 Å². The number of hydrogen-bond acceptors (Lipinski definition) is 4. The molecule has 0 heterocycles. The van der Waals surface area contributed by atoms with Crippen molar-refractivity contribution in [1.29, 1.82) is 0 Å². The summed E-state index contributed by atoms with van der Waals surface area (Å²) in [5, 5.41) is 0. The summed E-state index contributed by atoms with van der Waals surface area (Å²) in [5.41, 5.74) is 1.42. The summed E-state index contributed by atoms with van der Waals surface area (Å²) >= 11 is 6.28. The molecule has 0 aliphatic carbocycles. The Labute approximate surface area is 163 Å². The Kier molecular flexibility index (Phi) is 7.68. The van der Waals surface area contributed by atoms with Crippen LogP contribution >= 0.6 is 17.1 Å². The van der Waals surface area contributed by atoms with Crippen LogP contribution in [0.4, 0.5) is 0 Å². The van der Waals surface area contributed by atoms with E-state index in [-0.39, 0.29) is 29.6 Å². The zero-order chi connectivity index (χ0) is 15.6. The number of aryl methyl sites for hydroxylation is 4. The first-order chi connectivity index (χ1) is 9.77. The van der Waals surface area contributed by atoms with Gasteiger partial charge in [-0.3, -0.25) is 0 Å². The number of benzene rings is 2. The minimum Gasteiger partial charge on any atom is -0.783 e. The summed E-state index contributed by atoms with van der Waals surface area (Å²) in [5.74, 6) is 0.563. The Morgan fingerprint density at radius 1 is 0.909 bits per heavy atom. The Morgan fingerprint density at radius 3 is 2.00 bits per heavy atom. The van der Waals surface area contributed by atoms with Gasteiger partial charge < -0.3 is 9.42 Å². The Morgan fingerprint density at radius 2 is 1.45 bits per heavy atom. The maximum absolute atomic E-state index is 12.5. The first-order valence-corrected chi connectivity index (χ1v) is 10.7. The van der Waals surface area contributed by atoms with Crippen LogP contribution in [0.2, 0.25) is 0 Å². The zero-order valence-corrected chi connectivity index (χ0v) is 18.1. The van der Waals surface area contributed by atoms with Gasteiger partial charge in [0.1, 0.15) is 11.4 Å². The maximum Gasteiger partial charge on any atom is 1.00 e. The number of hydrogen-bond donors (Lipinski definition) is 0. The van der Waals surface area contributed by atoms with E-state index in [2.05, 4.69) is 0 Å². The molecule has 0 amide bonds. The topological polar surface area (TPSA) is 32.3 Å². The third kappa shape index (κ3) is 5.68. The molecule has 2 aromatic carbocycles. The van der Waals surface area contributed by atoms with Crippen LogP contribution in [-0.2, 0) is 11.8 Å². The van der Waals surface area contributed by atoms with E-state index in [4.69, 9.17) is 16.3 Å². The van der Waals surface area contributed by atoms with Crippen molar-refractivity contribution >= 4 is 28.9 Å². The van der Waals surface area contributed by atoms with E-state index in [0.717, 1.165) is 27.4 Å². The van der Waals surface area contributed by atoms with Crippen molar-refractivity contribution < 1.29 is 39.0 Å².